The third-order valence-electron chi connectivity index (χ3n) is 2.94. The van der Waals surface area contributed by atoms with Crippen molar-refractivity contribution in [3.05, 3.63) is 24.3 Å². The van der Waals surface area contributed by atoms with E-state index in [1.165, 1.54) is 24.9 Å². The van der Waals surface area contributed by atoms with E-state index in [2.05, 4.69) is 37.8 Å². The summed E-state index contributed by atoms with van der Waals surface area (Å²) in [5.74, 6) is 0.791. The molecule has 0 saturated heterocycles. The Kier molecular flexibility index (Phi) is 5.88. The predicted molar refractivity (Wildman–Crippen MR) is 77.4 cm³/mol. The third-order valence-corrected chi connectivity index (χ3v) is 2.94. The maximum Gasteiger partial charge on any atom is 0.0386 e. The first kappa shape index (κ1) is 13.9. The normalized spacial score (nSPS) is 10.8. The van der Waals surface area contributed by atoms with Crippen LogP contribution in [0.2, 0.25) is 0 Å². The van der Waals surface area contributed by atoms with E-state index < -0.39 is 0 Å². The molecule has 0 saturated carbocycles. The molecule has 0 atom stereocenters. The number of nitrogen functional groups attached to an aromatic ring is 1. The van der Waals surface area contributed by atoms with Gasteiger partial charge in [0, 0.05) is 24.5 Å². The van der Waals surface area contributed by atoms with Crippen LogP contribution in [0.4, 0.5) is 11.4 Å². The maximum absolute atomic E-state index is 5.84. The molecule has 0 unspecified atom stereocenters. The van der Waals surface area contributed by atoms with Crippen molar-refractivity contribution in [1.29, 1.82) is 0 Å². The molecule has 2 N–H and O–H groups in total. The first-order valence-corrected chi connectivity index (χ1v) is 6.74. The molecule has 0 aliphatic rings. The van der Waals surface area contributed by atoms with Gasteiger partial charge in [-0.05, 0) is 43.4 Å². The molecular formula is C15H26N2. The van der Waals surface area contributed by atoms with Crippen molar-refractivity contribution < 1.29 is 0 Å². The summed E-state index contributed by atoms with van der Waals surface area (Å²) in [5, 5.41) is 0. The van der Waals surface area contributed by atoms with Crippen LogP contribution in [0.1, 0.15) is 40.0 Å². The van der Waals surface area contributed by atoms with Crippen molar-refractivity contribution in [2.75, 3.05) is 23.7 Å². The van der Waals surface area contributed by atoms with Gasteiger partial charge in [-0.2, -0.15) is 0 Å². The molecule has 0 amide bonds. The zero-order valence-electron chi connectivity index (χ0n) is 11.4. The topological polar surface area (TPSA) is 29.3 Å². The lowest BCUT2D eigenvalue weighted by Crippen LogP contribution is -2.25. The Morgan fingerprint density at radius 2 is 2.00 bits per heavy atom. The summed E-state index contributed by atoms with van der Waals surface area (Å²) >= 11 is 0. The molecule has 0 aliphatic carbocycles. The summed E-state index contributed by atoms with van der Waals surface area (Å²) in [4.78, 5) is 2.44. The summed E-state index contributed by atoms with van der Waals surface area (Å²) in [7, 11) is 0. The summed E-state index contributed by atoms with van der Waals surface area (Å²) in [5.41, 5.74) is 7.96. The minimum absolute atomic E-state index is 0.791. The molecule has 0 aromatic heterocycles. The molecule has 0 aliphatic heterocycles. The van der Waals surface area contributed by atoms with Crippen molar-refractivity contribution in [3.8, 4) is 0 Å². The van der Waals surface area contributed by atoms with Gasteiger partial charge in [0.25, 0.3) is 0 Å². The van der Waals surface area contributed by atoms with Gasteiger partial charge in [-0.1, -0.05) is 26.8 Å². The monoisotopic (exact) mass is 234 g/mol. The van der Waals surface area contributed by atoms with E-state index in [0.29, 0.717) is 0 Å². The first-order chi connectivity index (χ1) is 8.13. The smallest absolute Gasteiger partial charge is 0.0386 e. The lowest BCUT2D eigenvalue weighted by molar-refractivity contribution is 0.548. The van der Waals surface area contributed by atoms with E-state index in [-0.39, 0.29) is 0 Å². The highest BCUT2D eigenvalue weighted by molar-refractivity contribution is 5.55. The fraction of sp³-hybridized carbons (Fsp3) is 0.600. The van der Waals surface area contributed by atoms with E-state index in [4.69, 9.17) is 5.73 Å². The Morgan fingerprint density at radius 3 is 2.59 bits per heavy atom. The van der Waals surface area contributed by atoms with Gasteiger partial charge >= 0.3 is 0 Å². The van der Waals surface area contributed by atoms with Crippen molar-refractivity contribution in [1.82, 2.24) is 0 Å². The standard InChI is InChI=1S/C15H26N2/c1-4-10-17(11-6-7-13(2)3)15-9-5-8-14(16)12-15/h5,8-9,12-13H,4,6-7,10-11,16H2,1-3H3. The van der Waals surface area contributed by atoms with Gasteiger partial charge in [-0.15, -0.1) is 0 Å². The van der Waals surface area contributed by atoms with Crippen LogP contribution in [-0.2, 0) is 0 Å². The molecule has 0 bridgehead atoms. The minimum Gasteiger partial charge on any atom is -0.399 e. The van der Waals surface area contributed by atoms with Crippen LogP contribution < -0.4 is 10.6 Å². The largest absolute Gasteiger partial charge is 0.399 e. The highest BCUT2D eigenvalue weighted by Gasteiger charge is 2.06. The maximum atomic E-state index is 5.84. The molecular weight excluding hydrogens is 208 g/mol. The average molecular weight is 234 g/mol. The predicted octanol–water partition coefficient (Wildman–Crippen LogP) is 3.92. The number of nitrogens with zero attached hydrogens (tertiary/aromatic N) is 1. The van der Waals surface area contributed by atoms with Gasteiger partial charge in [-0.3, -0.25) is 0 Å². The molecule has 1 rings (SSSR count). The third kappa shape index (κ3) is 5.12. The molecule has 1 aromatic rings. The highest BCUT2D eigenvalue weighted by Crippen LogP contribution is 2.19. The van der Waals surface area contributed by atoms with E-state index in [9.17, 15) is 0 Å². The van der Waals surface area contributed by atoms with Crippen LogP contribution >= 0.6 is 0 Å². The Labute approximate surface area is 106 Å². The molecule has 96 valence electrons. The molecule has 0 fully saturated rings. The zero-order chi connectivity index (χ0) is 12.7. The van der Waals surface area contributed by atoms with Gasteiger partial charge in [0.05, 0.1) is 0 Å². The van der Waals surface area contributed by atoms with Crippen LogP contribution in [0.3, 0.4) is 0 Å². The first-order valence-electron chi connectivity index (χ1n) is 6.74. The number of nitrogens with two attached hydrogens (primary N) is 1. The summed E-state index contributed by atoms with van der Waals surface area (Å²) in [6, 6.07) is 8.21. The van der Waals surface area contributed by atoms with Crippen LogP contribution in [0.25, 0.3) is 0 Å². The van der Waals surface area contributed by atoms with Gasteiger partial charge in [0.15, 0.2) is 0 Å². The lowest BCUT2D eigenvalue weighted by Gasteiger charge is -2.25. The SMILES string of the molecule is CCCN(CCCC(C)C)c1cccc(N)c1. The number of benzene rings is 1. The van der Waals surface area contributed by atoms with Crippen LogP contribution in [0.5, 0.6) is 0 Å². The summed E-state index contributed by atoms with van der Waals surface area (Å²) < 4.78 is 0. The number of hydrogen-bond acceptors (Lipinski definition) is 2. The average Bonchev–Trinajstić information content (AvgIpc) is 2.27. The quantitative estimate of drug-likeness (QED) is 0.724. The Morgan fingerprint density at radius 1 is 1.24 bits per heavy atom. The lowest BCUT2D eigenvalue weighted by atomic mass is 10.1. The van der Waals surface area contributed by atoms with E-state index in [1.54, 1.807) is 0 Å². The molecule has 2 heteroatoms. The van der Waals surface area contributed by atoms with Gasteiger partial charge < -0.3 is 10.6 Å². The molecule has 2 nitrogen and oxygen atoms in total. The van der Waals surface area contributed by atoms with Gasteiger partial charge in [0.1, 0.15) is 0 Å². The number of anilines is 2. The van der Waals surface area contributed by atoms with Crippen LogP contribution in [0, 0.1) is 5.92 Å². The number of rotatable bonds is 7. The molecule has 0 spiro atoms. The minimum atomic E-state index is 0.791. The fourth-order valence-corrected chi connectivity index (χ4v) is 2.05. The van der Waals surface area contributed by atoms with Crippen molar-refractivity contribution in [3.63, 3.8) is 0 Å². The summed E-state index contributed by atoms with van der Waals surface area (Å²) in [6.07, 6.45) is 3.73. The Bertz CT molecular complexity index is 320. The van der Waals surface area contributed by atoms with Crippen molar-refractivity contribution >= 4 is 11.4 Å². The molecule has 0 radical (unpaired) electrons. The Hall–Kier alpha value is -1.18. The second-order valence-corrected chi connectivity index (χ2v) is 5.12. The van der Waals surface area contributed by atoms with E-state index in [0.717, 1.165) is 24.7 Å². The van der Waals surface area contributed by atoms with E-state index in [1.807, 2.05) is 12.1 Å². The van der Waals surface area contributed by atoms with Gasteiger partial charge in [0.2, 0.25) is 0 Å². The van der Waals surface area contributed by atoms with Crippen LogP contribution in [-0.4, -0.2) is 13.1 Å². The number of hydrogen-bond donors (Lipinski definition) is 1. The second-order valence-electron chi connectivity index (χ2n) is 5.12. The van der Waals surface area contributed by atoms with Crippen LogP contribution in [0.15, 0.2) is 24.3 Å². The highest BCUT2D eigenvalue weighted by atomic mass is 15.1. The molecule has 0 heterocycles. The molecule has 17 heavy (non-hydrogen) atoms. The summed E-state index contributed by atoms with van der Waals surface area (Å²) in [6.45, 7) is 9.04. The van der Waals surface area contributed by atoms with Crippen molar-refractivity contribution in [2.45, 2.75) is 40.0 Å². The second kappa shape index (κ2) is 7.21. The zero-order valence-corrected chi connectivity index (χ0v) is 11.4. The fourth-order valence-electron chi connectivity index (χ4n) is 2.05. The van der Waals surface area contributed by atoms with Gasteiger partial charge in [-0.25, -0.2) is 0 Å². The Balaban J connectivity index is 2.58. The van der Waals surface area contributed by atoms with E-state index >= 15 is 0 Å². The molecule has 1 aromatic carbocycles. The van der Waals surface area contributed by atoms with Crippen molar-refractivity contribution in [2.24, 2.45) is 5.92 Å².